The molecular formula is C52H63N3. The summed E-state index contributed by atoms with van der Waals surface area (Å²) in [6, 6.07) is 30.5. The van der Waals surface area contributed by atoms with Crippen LogP contribution < -0.4 is 11.1 Å². The van der Waals surface area contributed by atoms with Gasteiger partial charge in [-0.05, 0) is 109 Å². The molecule has 3 N–H and O–H groups in total. The summed E-state index contributed by atoms with van der Waals surface area (Å²) in [5.74, 6) is 0. The Bertz CT molecular complexity index is 2130. The van der Waals surface area contributed by atoms with E-state index in [2.05, 4.69) is 138 Å². The molecule has 0 saturated carbocycles. The lowest BCUT2D eigenvalue weighted by atomic mass is 9.89. The van der Waals surface area contributed by atoms with E-state index in [4.69, 9.17) is 5.73 Å². The average molecular weight is 730 g/mol. The Morgan fingerprint density at radius 1 is 0.745 bits per heavy atom. The minimum atomic E-state index is 0.107. The number of fused-ring (bicyclic) bond motifs is 6. The van der Waals surface area contributed by atoms with Crippen LogP contribution in [0.15, 0.2) is 158 Å². The second-order valence-electron chi connectivity index (χ2n) is 13.0. The first-order valence-corrected chi connectivity index (χ1v) is 20.6. The molecule has 3 aliphatic rings. The molecule has 0 saturated heterocycles. The van der Waals surface area contributed by atoms with Crippen LogP contribution in [0.4, 0.5) is 5.69 Å². The third-order valence-electron chi connectivity index (χ3n) is 9.86. The highest BCUT2D eigenvalue weighted by Gasteiger charge is 2.25. The maximum absolute atomic E-state index is 6.52. The fourth-order valence-electron chi connectivity index (χ4n) is 7.58. The van der Waals surface area contributed by atoms with Gasteiger partial charge >= 0.3 is 0 Å². The molecule has 55 heavy (non-hydrogen) atoms. The van der Waals surface area contributed by atoms with Gasteiger partial charge in [0, 0.05) is 28.1 Å². The highest BCUT2D eigenvalue weighted by atomic mass is 15.0. The number of rotatable bonds is 7. The summed E-state index contributed by atoms with van der Waals surface area (Å²) < 4.78 is 2.38. The monoisotopic (exact) mass is 730 g/mol. The minimum absolute atomic E-state index is 0.107. The van der Waals surface area contributed by atoms with Gasteiger partial charge in [0.25, 0.3) is 0 Å². The average Bonchev–Trinajstić information content (AvgIpc) is 3.79. The molecule has 0 spiro atoms. The van der Waals surface area contributed by atoms with Gasteiger partial charge in [0.15, 0.2) is 0 Å². The van der Waals surface area contributed by atoms with Gasteiger partial charge in [-0.15, -0.1) is 0 Å². The van der Waals surface area contributed by atoms with Gasteiger partial charge in [-0.2, -0.15) is 0 Å². The van der Waals surface area contributed by atoms with Crippen LogP contribution in [0.3, 0.4) is 0 Å². The third-order valence-corrected chi connectivity index (χ3v) is 9.86. The molecule has 3 nitrogen and oxygen atoms in total. The smallest absolute Gasteiger partial charge is 0.0557 e. The number of aromatic nitrogens is 1. The second kappa shape index (κ2) is 22.1. The number of benzene rings is 4. The van der Waals surface area contributed by atoms with Crippen molar-refractivity contribution >= 4 is 38.6 Å². The van der Waals surface area contributed by atoms with E-state index in [1.54, 1.807) is 6.08 Å². The van der Waals surface area contributed by atoms with Crippen LogP contribution in [-0.2, 0) is 6.42 Å². The molecule has 3 heteroatoms. The van der Waals surface area contributed by atoms with Crippen LogP contribution >= 0.6 is 0 Å². The zero-order valence-corrected chi connectivity index (χ0v) is 34.2. The molecule has 0 amide bonds. The van der Waals surface area contributed by atoms with Gasteiger partial charge in [0.05, 0.1) is 16.7 Å². The van der Waals surface area contributed by atoms with E-state index in [0.717, 1.165) is 50.6 Å². The van der Waals surface area contributed by atoms with E-state index in [1.165, 1.54) is 66.5 Å². The predicted octanol–water partition coefficient (Wildman–Crippen LogP) is 15.0. The normalized spacial score (nSPS) is 15.0. The van der Waals surface area contributed by atoms with E-state index >= 15 is 0 Å². The summed E-state index contributed by atoms with van der Waals surface area (Å²) >= 11 is 0. The maximum atomic E-state index is 6.52. The zero-order valence-electron chi connectivity index (χ0n) is 34.2. The lowest BCUT2D eigenvalue weighted by Gasteiger charge is -2.20. The van der Waals surface area contributed by atoms with E-state index in [9.17, 15) is 0 Å². The maximum Gasteiger partial charge on any atom is 0.0557 e. The predicted molar refractivity (Wildman–Crippen MR) is 246 cm³/mol. The van der Waals surface area contributed by atoms with Crippen molar-refractivity contribution in [2.45, 2.75) is 92.5 Å². The van der Waals surface area contributed by atoms with Crippen LogP contribution in [0.1, 0.15) is 108 Å². The van der Waals surface area contributed by atoms with Crippen molar-refractivity contribution < 1.29 is 0 Å². The fraction of sp³-hybridized carbons (Fsp3) is 0.269. The number of anilines is 1. The van der Waals surface area contributed by atoms with Crippen LogP contribution in [0.5, 0.6) is 0 Å². The highest BCUT2D eigenvalue weighted by molar-refractivity contribution is 6.09. The lowest BCUT2D eigenvalue weighted by Crippen LogP contribution is -2.12. The summed E-state index contributed by atoms with van der Waals surface area (Å²) in [6.45, 7) is 20.1. The van der Waals surface area contributed by atoms with Crippen LogP contribution in [-0.4, -0.2) is 4.57 Å². The minimum Gasteiger partial charge on any atom is -0.361 e. The number of hydrogen-bond donors (Lipinski definition) is 2. The number of para-hydroxylation sites is 2. The standard InChI is InChI=1S/C24H20N2.C22H25N.3C2H6/c1-17-9-6-7-16-25-20-12-8-15-23(24(17)20)26-21-13-4-2-10-18(21)19-11-3-5-14-22(19)26;1-2-3-4-5-6-7-15-21(23)20-14-10-12-18-16-17-11-8-9-13-19(17)22(18)20;3*1-2/h2-5,7-8,10-16,25H,1,6,9H2;2-6,8,10-12,14,21H,1,7,9,13,15-16,23H2;3*1-2H3/b16-7-;4-3-,6-5?;;;. The molecule has 0 radical (unpaired) electrons. The number of nitrogens with two attached hydrogens (primary N) is 1. The highest BCUT2D eigenvalue weighted by Crippen LogP contribution is 2.43. The molecule has 1 aliphatic heterocycles. The Labute approximate surface area is 332 Å². The summed E-state index contributed by atoms with van der Waals surface area (Å²) in [4.78, 5) is 0. The Morgan fingerprint density at radius 3 is 2.13 bits per heavy atom. The molecule has 8 rings (SSSR count). The Balaban J connectivity index is 0.000000217. The van der Waals surface area contributed by atoms with Crippen molar-refractivity contribution in [3.63, 3.8) is 0 Å². The topological polar surface area (TPSA) is 43.0 Å². The fourth-order valence-corrected chi connectivity index (χ4v) is 7.58. The molecule has 0 bridgehead atoms. The van der Waals surface area contributed by atoms with E-state index in [-0.39, 0.29) is 6.04 Å². The summed E-state index contributed by atoms with van der Waals surface area (Å²) in [6.07, 6.45) is 26.1. The van der Waals surface area contributed by atoms with Crippen molar-refractivity contribution in [2.24, 2.45) is 5.73 Å². The molecule has 1 unspecified atom stereocenters. The largest absolute Gasteiger partial charge is 0.361 e. The Hall–Kier alpha value is -5.38. The molecule has 0 fully saturated rings. The first kappa shape index (κ1) is 42.4. The molecular weight excluding hydrogens is 667 g/mol. The summed E-state index contributed by atoms with van der Waals surface area (Å²) in [5, 5.41) is 6.00. The van der Waals surface area contributed by atoms with E-state index < -0.39 is 0 Å². The Morgan fingerprint density at radius 2 is 1.42 bits per heavy atom. The molecule has 2 heterocycles. The van der Waals surface area contributed by atoms with Gasteiger partial charge in [0.1, 0.15) is 0 Å². The van der Waals surface area contributed by atoms with Crippen LogP contribution in [0.25, 0.3) is 38.6 Å². The van der Waals surface area contributed by atoms with Gasteiger partial charge in [-0.3, -0.25) is 0 Å². The number of nitrogens with one attached hydrogen (secondary N) is 1. The van der Waals surface area contributed by atoms with Crippen molar-refractivity contribution in [1.29, 1.82) is 0 Å². The van der Waals surface area contributed by atoms with Crippen LogP contribution in [0.2, 0.25) is 0 Å². The summed E-state index contributed by atoms with van der Waals surface area (Å²) in [7, 11) is 0. The Kier molecular flexibility index (Phi) is 17.0. The first-order valence-electron chi connectivity index (χ1n) is 20.6. The second-order valence-corrected chi connectivity index (χ2v) is 13.0. The molecule has 4 aromatic carbocycles. The number of nitrogens with zero attached hydrogens (tertiary/aromatic N) is 1. The SMILES string of the molecule is C=C/C=C\C=CCCC(N)c1cccc2c1C1=C(C=CCC1)C2.C=C1CC/C=C\Nc2cccc(-n3c4ccccc4c4ccccc43)c21.CC.CC.CC. The zero-order chi connectivity index (χ0) is 39.6. The van der Waals surface area contributed by atoms with Crippen molar-refractivity contribution in [1.82, 2.24) is 4.57 Å². The van der Waals surface area contributed by atoms with Crippen LogP contribution in [0, 0.1) is 0 Å². The number of allylic oxidation sites excluding steroid dienone is 11. The molecule has 5 aromatic rings. The van der Waals surface area contributed by atoms with E-state index in [1.807, 2.05) is 59.9 Å². The van der Waals surface area contributed by atoms with Crippen molar-refractivity contribution in [3.8, 4) is 5.69 Å². The first-order chi connectivity index (χ1) is 27.2. The quantitative estimate of drug-likeness (QED) is 0.164. The third kappa shape index (κ3) is 9.84. The van der Waals surface area contributed by atoms with Crippen molar-refractivity contribution in [2.75, 3.05) is 5.32 Å². The number of hydrogen-bond acceptors (Lipinski definition) is 2. The molecule has 2 aliphatic carbocycles. The van der Waals surface area contributed by atoms with Gasteiger partial charge in [-0.1, -0.05) is 164 Å². The molecule has 1 aromatic heterocycles. The molecule has 286 valence electrons. The molecule has 1 atom stereocenters. The summed E-state index contributed by atoms with van der Waals surface area (Å²) in [5.41, 5.74) is 21.0. The van der Waals surface area contributed by atoms with Gasteiger partial charge in [0.2, 0.25) is 0 Å². The van der Waals surface area contributed by atoms with Crippen molar-refractivity contribution in [3.05, 3.63) is 181 Å². The van der Waals surface area contributed by atoms with Gasteiger partial charge in [-0.25, -0.2) is 0 Å². The van der Waals surface area contributed by atoms with E-state index in [0.29, 0.717) is 0 Å². The van der Waals surface area contributed by atoms with Gasteiger partial charge < -0.3 is 15.6 Å². The lowest BCUT2D eigenvalue weighted by molar-refractivity contribution is 0.658.